The molecule has 1 fully saturated rings. The maximum Gasteiger partial charge on any atom is 0.254 e. The predicted octanol–water partition coefficient (Wildman–Crippen LogP) is 1.89. The molecule has 2 heterocycles. The van der Waals surface area contributed by atoms with Crippen LogP contribution in [0.4, 0.5) is 10.2 Å². The Morgan fingerprint density at radius 1 is 1.18 bits per heavy atom. The largest absolute Gasteiger partial charge is 0.352 e. The number of amides is 1. The molecule has 2 aromatic rings. The average Bonchev–Trinajstić information content (AvgIpc) is 2.58. The summed E-state index contributed by atoms with van der Waals surface area (Å²) in [5, 5.41) is 0. The van der Waals surface area contributed by atoms with Crippen LogP contribution >= 0.6 is 0 Å². The van der Waals surface area contributed by atoms with Crippen molar-refractivity contribution in [3.05, 3.63) is 53.7 Å². The van der Waals surface area contributed by atoms with Crippen molar-refractivity contribution in [3.8, 4) is 0 Å². The molecule has 0 spiro atoms. The molecule has 1 aromatic heterocycles. The Bertz CT molecular complexity index is 669. The fourth-order valence-electron chi connectivity index (χ4n) is 2.50. The van der Waals surface area contributed by atoms with Crippen LogP contribution in [0.2, 0.25) is 0 Å². The number of carbonyl (C=O) groups excluding carboxylic acids is 1. The lowest BCUT2D eigenvalue weighted by atomic mass is 10.1. The summed E-state index contributed by atoms with van der Waals surface area (Å²) < 4.78 is 13.6. The van der Waals surface area contributed by atoms with Crippen LogP contribution in [0.1, 0.15) is 15.9 Å². The molecule has 22 heavy (non-hydrogen) atoms. The van der Waals surface area contributed by atoms with Gasteiger partial charge in [-0.2, -0.15) is 0 Å². The Balaban J connectivity index is 1.66. The summed E-state index contributed by atoms with van der Waals surface area (Å²) in [6.45, 7) is 4.25. The number of aromatic nitrogens is 2. The third-order valence-electron chi connectivity index (χ3n) is 3.86. The number of piperazine rings is 1. The van der Waals surface area contributed by atoms with Gasteiger partial charge in [0.05, 0.1) is 6.20 Å². The number of aryl methyl sites for hydroxylation is 1. The number of hydrogen-bond acceptors (Lipinski definition) is 4. The van der Waals surface area contributed by atoms with E-state index in [9.17, 15) is 9.18 Å². The molecular weight excluding hydrogens is 283 g/mol. The first-order valence-electron chi connectivity index (χ1n) is 7.21. The lowest BCUT2D eigenvalue weighted by molar-refractivity contribution is 0.0746. The van der Waals surface area contributed by atoms with E-state index < -0.39 is 0 Å². The van der Waals surface area contributed by atoms with E-state index in [1.54, 1.807) is 42.5 Å². The van der Waals surface area contributed by atoms with Gasteiger partial charge in [0, 0.05) is 44.1 Å². The predicted molar refractivity (Wildman–Crippen MR) is 81.3 cm³/mol. The van der Waals surface area contributed by atoms with Gasteiger partial charge in [-0.15, -0.1) is 0 Å². The van der Waals surface area contributed by atoms with Gasteiger partial charge < -0.3 is 9.80 Å². The first-order chi connectivity index (χ1) is 10.6. The standard InChI is InChI=1S/C16H17FN4O/c1-12-2-3-13(10-14(12)17)16(22)21-8-6-20(7-9-21)15-11-18-4-5-19-15/h2-5,10-11H,6-9H2,1H3. The van der Waals surface area contributed by atoms with Gasteiger partial charge in [-0.05, 0) is 24.6 Å². The highest BCUT2D eigenvalue weighted by molar-refractivity contribution is 5.94. The molecule has 1 amide bonds. The first kappa shape index (κ1) is 14.4. The molecular formula is C16H17FN4O. The molecule has 1 saturated heterocycles. The molecule has 0 aliphatic carbocycles. The van der Waals surface area contributed by atoms with Gasteiger partial charge in [-0.1, -0.05) is 6.07 Å². The minimum Gasteiger partial charge on any atom is -0.352 e. The van der Waals surface area contributed by atoms with E-state index in [0.29, 0.717) is 37.3 Å². The van der Waals surface area contributed by atoms with Crippen molar-refractivity contribution in [3.63, 3.8) is 0 Å². The summed E-state index contributed by atoms with van der Waals surface area (Å²) in [5.41, 5.74) is 0.945. The van der Waals surface area contributed by atoms with Crippen molar-refractivity contribution in [2.45, 2.75) is 6.92 Å². The normalized spacial score (nSPS) is 15.0. The highest BCUT2D eigenvalue weighted by atomic mass is 19.1. The van der Waals surface area contributed by atoms with Gasteiger partial charge in [0.1, 0.15) is 11.6 Å². The average molecular weight is 300 g/mol. The summed E-state index contributed by atoms with van der Waals surface area (Å²) in [7, 11) is 0. The van der Waals surface area contributed by atoms with E-state index in [1.165, 1.54) is 6.07 Å². The van der Waals surface area contributed by atoms with Crippen LogP contribution in [0.3, 0.4) is 0 Å². The zero-order valence-electron chi connectivity index (χ0n) is 12.4. The number of anilines is 1. The minimum atomic E-state index is -0.343. The lowest BCUT2D eigenvalue weighted by Crippen LogP contribution is -2.49. The van der Waals surface area contributed by atoms with Gasteiger partial charge in [-0.25, -0.2) is 9.37 Å². The summed E-state index contributed by atoms with van der Waals surface area (Å²) in [4.78, 5) is 24.6. The fourth-order valence-corrected chi connectivity index (χ4v) is 2.50. The monoisotopic (exact) mass is 300 g/mol. The number of nitrogens with zero attached hydrogens (tertiary/aromatic N) is 4. The molecule has 1 aromatic carbocycles. The Hall–Kier alpha value is -2.50. The molecule has 0 N–H and O–H groups in total. The van der Waals surface area contributed by atoms with Crippen molar-refractivity contribution in [2.24, 2.45) is 0 Å². The molecule has 5 nitrogen and oxygen atoms in total. The minimum absolute atomic E-state index is 0.127. The Morgan fingerprint density at radius 2 is 1.95 bits per heavy atom. The van der Waals surface area contributed by atoms with Crippen LogP contribution in [0.25, 0.3) is 0 Å². The van der Waals surface area contributed by atoms with Crippen molar-refractivity contribution in [1.82, 2.24) is 14.9 Å². The Kier molecular flexibility index (Phi) is 4.00. The van der Waals surface area contributed by atoms with E-state index in [1.807, 2.05) is 0 Å². The highest BCUT2D eigenvalue weighted by Crippen LogP contribution is 2.15. The van der Waals surface area contributed by atoms with E-state index in [-0.39, 0.29) is 11.7 Å². The zero-order chi connectivity index (χ0) is 15.5. The molecule has 0 saturated carbocycles. The Labute approximate surface area is 128 Å². The van der Waals surface area contributed by atoms with Crippen LogP contribution < -0.4 is 4.90 Å². The molecule has 0 radical (unpaired) electrons. The van der Waals surface area contributed by atoms with Crippen LogP contribution in [-0.4, -0.2) is 47.0 Å². The number of rotatable bonds is 2. The van der Waals surface area contributed by atoms with E-state index in [2.05, 4.69) is 14.9 Å². The van der Waals surface area contributed by atoms with Crippen LogP contribution in [0, 0.1) is 12.7 Å². The van der Waals surface area contributed by atoms with E-state index >= 15 is 0 Å². The number of carbonyl (C=O) groups is 1. The number of hydrogen-bond donors (Lipinski definition) is 0. The maximum absolute atomic E-state index is 13.6. The molecule has 1 aliphatic heterocycles. The van der Waals surface area contributed by atoms with Gasteiger partial charge >= 0.3 is 0 Å². The molecule has 6 heteroatoms. The molecule has 0 bridgehead atoms. The second-order valence-electron chi connectivity index (χ2n) is 5.31. The van der Waals surface area contributed by atoms with Crippen molar-refractivity contribution >= 4 is 11.7 Å². The van der Waals surface area contributed by atoms with Gasteiger partial charge in [0.25, 0.3) is 5.91 Å². The van der Waals surface area contributed by atoms with Crippen molar-refractivity contribution < 1.29 is 9.18 Å². The molecule has 1 aliphatic rings. The van der Waals surface area contributed by atoms with Crippen molar-refractivity contribution in [1.29, 1.82) is 0 Å². The van der Waals surface area contributed by atoms with E-state index in [4.69, 9.17) is 0 Å². The van der Waals surface area contributed by atoms with E-state index in [0.717, 1.165) is 5.82 Å². The molecule has 0 atom stereocenters. The number of benzene rings is 1. The Morgan fingerprint density at radius 3 is 2.59 bits per heavy atom. The summed E-state index contributed by atoms with van der Waals surface area (Å²) >= 11 is 0. The fraction of sp³-hybridized carbons (Fsp3) is 0.312. The number of halogens is 1. The van der Waals surface area contributed by atoms with Crippen molar-refractivity contribution in [2.75, 3.05) is 31.1 Å². The smallest absolute Gasteiger partial charge is 0.254 e. The lowest BCUT2D eigenvalue weighted by Gasteiger charge is -2.35. The highest BCUT2D eigenvalue weighted by Gasteiger charge is 2.23. The van der Waals surface area contributed by atoms with Gasteiger partial charge in [-0.3, -0.25) is 9.78 Å². The van der Waals surface area contributed by atoms with Gasteiger partial charge in [0.2, 0.25) is 0 Å². The quantitative estimate of drug-likeness (QED) is 0.850. The first-order valence-corrected chi connectivity index (χ1v) is 7.21. The second kappa shape index (κ2) is 6.09. The zero-order valence-corrected chi connectivity index (χ0v) is 12.4. The molecule has 0 unspecified atom stereocenters. The summed E-state index contributed by atoms with van der Waals surface area (Å²) in [6.07, 6.45) is 5.00. The summed E-state index contributed by atoms with van der Waals surface area (Å²) in [6, 6.07) is 4.63. The summed E-state index contributed by atoms with van der Waals surface area (Å²) in [5.74, 6) is 0.345. The SMILES string of the molecule is Cc1ccc(C(=O)N2CCN(c3cnccn3)CC2)cc1F. The van der Waals surface area contributed by atoms with Crippen LogP contribution in [0.5, 0.6) is 0 Å². The third-order valence-corrected chi connectivity index (χ3v) is 3.86. The molecule has 3 rings (SSSR count). The van der Waals surface area contributed by atoms with Crippen LogP contribution in [0.15, 0.2) is 36.8 Å². The van der Waals surface area contributed by atoms with Gasteiger partial charge in [0.15, 0.2) is 0 Å². The maximum atomic E-state index is 13.6. The molecule has 114 valence electrons. The van der Waals surface area contributed by atoms with Crippen LogP contribution in [-0.2, 0) is 0 Å². The third kappa shape index (κ3) is 2.90. The second-order valence-corrected chi connectivity index (χ2v) is 5.31. The topological polar surface area (TPSA) is 49.3 Å².